The standard InChI is InChI=1S/C6H9ClO2S/c1-3-9-6(8)4(2)5(7)10/h4H,3H2,1-2H3. The minimum Gasteiger partial charge on any atom is -0.465 e. The lowest BCUT2D eigenvalue weighted by molar-refractivity contribution is -0.144. The highest BCUT2D eigenvalue weighted by Gasteiger charge is 2.16. The first-order chi connectivity index (χ1) is 4.59. The summed E-state index contributed by atoms with van der Waals surface area (Å²) in [7, 11) is 0. The van der Waals surface area contributed by atoms with Gasteiger partial charge in [-0.05, 0) is 13.8 Å². The van der Waals surface area contributed by atoms with Crippen LogP contribution >= 0.6 is 23.8 Å². The summed E-state index contributed by atoms with van der Waals surface area (Å²) in [5, 5.41) is 0. The van der Waals surface area contributed by atoms with Crippen molar-refractivity contribution in [3.05, 3.63) is 0 Å². The number of carbonyl (C=O) groups excluding carboxylic acids is 1. The van der Waals surface area contributed by atoms with Crippen molar-refractivity contribution in [2.45, 2.75) is 13.8 Å². The molecule has 0 aromatic heterocycles. The fourth-order valence-electron chi connectivity index (χ4n) is 0.360. The Morgan fingerprint density at radius 1 is 1.80 bits per heavy atom. The molecule has 0 aliphatic heterocycles. The summed E-state index contributed by atoms with van der Waals surface area (Å²) >= 11 is 9.96. The molecule has 0 radical (unpaired) electrons. The van der Waals surface area contributed by atoms with Crippen molar-refractivity contribution < 1.29 is 9.53 Å². The zero-order chi connectivity index (χ0) is 8.15. The van der Waals surface area contributed by atoms with Crippen LogP contribution in [0.2, 0.25) is 0 Å². The molecular formula is C6H9ClO2S. The summed E-state index contributed by atoms with van der Waals surface area (Å²) in [5.41, 5.74) is 0. The predicted octanol–water partition coefficient (Wildman–Crippen LogP) is 1.75. The maximum Gasteiger partial charge on any atom is 0.314 e. The van der Waals surface area contributed by atoms with E-state index in [0.717, 1.165) is 0 Å². The molecule has 1 unspecified atom stereocenters. The molecule has 0 aliphatic rings. The second-order valence-electron chi connectivity index (χ2n) is 1.78. The highest BCUT2D eigenvalue weighted by atomic mass is 35.5. The van der Waals surface area contributed by atoms with Crippen LogP contribution in [-0.2, 0) is 9.53 Å². The predicted molar refractivity (Wildman–Crippen MR) is 44.2 cm³/mol. The van der Waals surface area contributed by atoms with Crippen LogP contribution in [0.25, 0.3) is 0 Å². The van der Waals surface area contributed by atoms with Crippen molar-refractivity contribution in [3.63, 3.8) is 0 Å². The number of hydrogen-bond donors (Lipinski definition) is 0. The SMILES string of the molecule is CCOC(=O)C(C)C(=S)Cl. The Bertz CT molecular complexity index is 147. The van der Waals surface area contributed by atoms with Crippen molar-refractivity contribution in [3.8, 4) is 0 Å². The molecule has 0 bridgehead atoms. The number of carbonyl (C=O) groups is 1. The van der Waals surface area contributed by atoms with Crippen molar-refractivity contribution in [2.24, 2.45) is 5.92 Å². The fraction of sp³-hybridized carbons (Fsp3) is 0.667. The molecule has 0 amide bonds. The smallest absolute Gasteiger partial charge is 0.314 e. The van der Waals surface area contributed by atoms with E-state index in [1.807, 2.05) is 0 Å². The number of hydrogen-bond acceptors (Lipinski definition) is 3. The molecule has 0 aromatic carbocycles. The average Bonchev–Trinajstić information content (AvgIpc) is 1.87. The van der Waals surface area contributed by atoms with E-state index in [2.05, 4.69) is 17.0 Å². The van der Waals surface area contributed by atoms with Crippen molar-refractivity contribution in [1.29, 1.82) is 0 Å². The van der Waals surface area contributed by atoms with Gasteiger partial charge in [-0.1, -0.05) is 23.8 Å². The Balaban J connectivity index is 3.82. The molecule has 0 saturated heterocycles. The normalized spacial score (nSPS) is 12.3. The number of esters is 1. The number of halogens is 1. The molecule has 0 fully saturated rings. The van der Waals surface area contributed by atoms with E-state index in [9.17, 15) is 4.79 Å². The second kappa shape index (κ2) is 4.63. The molecule has 0 saturated carbocycles. The molecule has 0 rings (SSSR count). The summed E-state index contributed by atoms with van der Waals surface area (Å²) in [5.74, 6) is -0.834. The summed E-state index contributed by atoms with van der Waals surface area (Å²) in [6.45, 7) is 3.72. The summed E-state index contributed by atoms with van der Waals surface area (Å²) in [6.07, 6.45) is 0. The topological polar surface area (TPSA) is 26.3 Å². The van der Waals surface area contributed by atoms with Crippen LogP contribution in [0.5, 0.6) is 0 Å². The van der Waals surface area contributed by atoms with Gasteiger partial charge < -0.3 is 4.74 Å². The van der Waals surface area contributed by atoms with Crippen LogP contribution < -0.4 is 0 Å². The van der Waals surface area contributed by atoms with Gasteiger partial charge in [0.1, 0.15) is 5.92 Å². The molecule has 0 heterocycles. The third-order valence-electron chi connectivity index (χ3n) is 0.981. The molecule has 0 aliphatic carbocycles. The van der Waals surface area contributed by atoms with Crippen LogP contribution in [0.1, 0.15) is 13.8 Å². The van der Waals surface area contributed by atoms with Gasteiger partial charge in [-0.15, -0.1) is 0 Å². The molecule has 0 aromatic rings. The van der Waals surface area contributed by atoms with Gasteiger partial charge in [0, 0.05) is 0 Å². The van der Waals surface area contributed by atoms with Crippen molar-refractivity contribution in [1.82, 2.24) is 0 Å². The highest BCUT2D eigenvalue weighted by molar-refractivity contribution is 7.83. The molecule has 0 spiro atoms. The zero-order valence-electron chi connectivity index (χ0n) is 5.89. The van der Waals surface area contributed by atoms with Gasteiger partial charge in [0.05, 0.1) is 10.9 Å². The van der Waals surface area contributed by atoms with E-state index in [1.54, 1.807) is 13.8 Å². The van der Waals surface area contributed by atoms with Gasteiger partial charge in [-0.25, -0.2) is 0 Å². The Hall–Kier alpha value is -0.150. The average molecular weight is 181 g/mol. The summed E-state index contributed by atoms with van der Waals surface area (Å²) < 4.78 is 4.81. The van der Waals surface area contributed by atoms with Gasteiger partial charge in [0.2, 0.25) is 0 Å². The molecule has 0 N–H and O–H groups in total. The van der Waals surface area contributed by atoms with E-state index in [-0.39, 0.29) is 10.3 Å². The van der Waals surface area contributed by atoms with Gasteiger partial charge in [-0.2, -0.15) is 0 Å². The maximum absolute atomic E-state index is 10.8. The van der Waals surface area contributed by atoms with Crippen LogP contribution in [0.15, 0.2) is 0 Å². The third-order valence-corrected chi connectivity index (χ3v) is 1.66. The van der Waals surface area contributed by atoms with Crippen LogP contribution in [0.4, 0.5) is 0 Å². The first-order valence-electron chi connectivity index (χ1n) is 2.95. The summed E-state index contributed by atoms with van der Waals surface area (Å²) in [4.78, 5) is 10.8. The molecule has 4 heteroatoms. The molecule has 10 heavy (non-hydrogen) atoms. The monoisotopic (exact) mass is 180 g/mol. The zero-order valence-corrected chi connectivity index (χ0v) is 7.46. The van der Waals surface area contributed by atoms with Crippen molar-refractivity contribution in [2.75, 3.05) is 6.61 Å². The van der Waals surface area contributed by atoms with Gasteiger partial charge in [-0.3, -0.25) is 4.79 Å². The summed E-state index contributed by atoms with van der Waals surface area (Å²) in [6, 6.07) is 0. The molecule has 1 atom stereocenters. The lowest BCUT2D eigenvalue weighted by Gasteiger charge is -2.05. The van der Waals surface area contributed by atoms with Gasteiger partial charge in [0.15, 0.2) is 0 Å². The Morgan fingerprint density at radius 2 is 2.30 bits per heavy atom. The van der Waals surface area contributed by atoms with E-state index in [0.29, 0.717) is 6.61 Å². The number of rotatable bonds is 3. The fourth-order valence-corrected chi connectivity index (χ4v) is 0.545. The van der Waals surface area contributed by atoms with Gasteiger partial charge in [0.25, 0.3) is 0 Å². The van der Waals surface area contributed by atoms with Gasteiger partial charge >= 0.3 is 5.97 Å². The van der Waals surface area contributed by atoms with Crippen LogP contribution in [0, 0.1) is 5.92 Å². The second-order valence-corrected chi connectivity index (χ2v) is 2.85. The Kier molecular flexibility index (Phi) is 4.56. The minimum atomic E-state index is -0.475. The Labute approximate surface area is 70.5 Å². The molecule has 58 valence electrons. The van der Waals surface area contributed by atoms with Crippen molar-refractivity contribution >= 4 is 34.1 Å². The van der Waals surface area contributed by atoms with Crippen LogP contribution in [0.3, 0.4) is 0 Å². The number of ether oxygens (including phenoxy) is 1. The molecular weight excluding hydrogens is 172 g/mol. The Morgan fingerprint density at radius 3 is 2.60 bits per heavy atom. The highest BCUT2D eigenvalue weighted by Crippen LogP contribution is 2.05. The van der Waals surface area contributed by atoms with E-state index >= 15 is 0 Å². The number of thiocarbonyl (C=S) groups is 1. The lowest BCUT2D eigenvalue weighted by atomic mass is 10.2. The molecule has 2 nitrogen and oxygen atoms in total. The first kappa shape index (κ1) is 9.85. The van der Waals surface area contributed by atoms with E-state index in [1.165, 1.54) is 0 Å². The third kappa shape index (κ3) is 3.13. The largest absolute Gasteiger partial charge is 0.465 e. The lowest BCUT2D eigenvalue weighted by Crippen LogP contribution is -2.18. The first-order valence-corrected chi connectivity index (χ1v) is 3.74. The minimum absolute atomic E-state index is 0.151. The van der Waals surface area contributed by atoms with Crippen LogP contribution in [-0.4, -0.2) is 16.9 Å². The maximum atomic E-state index is 10.8. The quantitative estimate of drug-likeness (QED) is 0.376. The van der Waals surface area contributed by atoms with E-state index in [4.69, 9.17) is 11.6 Å². The van der Waals surface area contributed by atoms with E-state index < -0.39 is 5.92 Å².